The van der Waals surface area contributed by atoms with Crippen molar-refractivity contribution >= 4 is 21.8 Å². The molecule has 0 saturated carbocycles. The summed E-state index contributed by atoms with van der Waals surface area (Å²) in [6.45, 7) is 3.98. The maximum atomic E-state index is 12.2. The standard InChI is InChI=1S/C22H27BrN2O/c23-21-10-6-7-18(15-21)11-12-22(26)24-16-19-8-2-3-9-20(19)17-25-13-4-1-5-14-25/h2-3,6-10,15H,1,4-5,11-14,16-17H2,(H,24,26). The summed E-state index contributed by atoms with van der Waals surface area (Å²) in [7, 11) is 0. The number of benzene rings is 2. The number of aryl methyl sites for hydroxylation is 1. The zero-order valence-electron chi connectivity index (χ0n) is 15.2. The van der Waals surface area contributed by atoms with Crippen molar-refractivity contribution in [3.63, 3.8) is 0 Å². The van der Waals surface area contributed by atoms with E-state index in [0.29, 0.717) is 13.0 Å². The average Bonchev–Trinajstić information content (AvgIpc) is 2.66. The third kappa shape index (κ3) is 5.96. The van der Waals surface area contributed by atoms with Crippen molar-refractivity contribution in [3.8, 4) is 0 Å². The number of hydrogen-bond donors (Lipinski definition) is 1. The molecule has 1 amide bonds. The summed E-state index contributed by atoms with van der Waals surface area (Å²) in [5.74, 6) is 0.109. The van der Waals surface area contributed by atoms with E-state index in [1.807, 2.05) is 12.1 Å². The third-order valence-corrected chi connectivity index (χ3v) is 5.46. The minimum atomic E-state index is 0.109. The summed E-state index contributed by atoms with van der Waals surface area (Å²) < 4.78 is 1.06. The summed E-state index contributed by atoms with van der Waals surface area (Å²) in [6.07, 6.45) is 5.24. The van der Waals surface area contributed by atoms with Crippen LogP contribution in [0.4, 0.5) is 0 Å². The van der Waals surface area contributed by atoms with Crippen LogP contribution in [0.2, 0.25) is 0 Å². The van der Waals surface area contributed by atoms with Crippen molar-refractivity contribution in [2.75, 3.05) is 13.1 Å². The molecule has 1 N–H and O–H groups in total. The van der Waals surface area contributed by atoms with Crippen molar-refractivity contribution in [2.24, 2.45) is 0 Å². The first-order chi connectivity index (χ1) is 12.7. The van der Waals surface area contributed by atoms with E-state index in [1.54, 1.807) is 0 Å². The van der Waals surface area contributed by atoms with Crippen LogP contribution in [0.1, 0.15) is 42.4 Å². The van der Waals surface area contributed by atoms with Gasteiger partial charge in [0.1, 0.15) is 0 Å². The van der Waals surface area contributed by atoms with Crippen molar-refractivity contribution in [1.82, 2.24) is 10.2 Å². The lowest BCUT2D eigenvalue weighted by molar-refractivity contribution is -0.121. The van der Waals surface area contributed by atoms with E-state index < -0.39 is 0 Å². The lowest BCUT2D eigenvalue weighted by Crippen LogP contribution is -2.30. The number of amides is 1. The van der Waals surface area contributed by atoms with Crippen LogP contribution in [0.5, 0.6) is 0 Å². The Labute approximate surface area is 164 Å². The van der Waals surface area contributed by atoms with Gasteiger partial charge in [-0.1, -0.05) is 58.7 Å². The fourth-order valence-electron chi connectivity index (χ4n) is 3.48. The number of carbonyl (C=O) groups excluding carboxylic acids is 1. The number of carbonyl (C=O) groups is 1. The van der Waals surface area contributed by atoms with Crippen LogP contribution in [0.15, 0.2) is 53.0 Å². The molecule has 2 aromatic rings. The molecule has 3 rings (SSSR count). The number of piperidine rings is 1. The van der Waals surface area contributed by atoms with Gasteiger partial charge < -0.3 is 5.32 Å². The molecule has 0 bridgehead atoms. The number of nitrogens with zero attached hydrogens (tertiary/aromatic N) is 1. The SMILES string of the molecule is O=C(CCc1cccc(Br)c1)NCc1ccccc1CN1CCCCC1. The molecule has 1 fully saturated rings. The third-order valence-electron chi connectivity index (χ3n) is 4.97. The molecule has 0 unspecified atom stereocenters. The van der Waals surface area contributed by atoms with Crippen LogP contribution in [0.3, 0.4) is 0 Å². The lowest BCUT2D eigenvalue weighted by Gasteiger charge is -2.27. The Hall–Kier alpha value is -1.65. The Bertz CT molecular complexity index is 726. The second kappa shape index (κ2) is 9.89. The van der Waals surface area contributed by atoms with Crippen LogP contribution in [0, 0.1) is 0 Å². The number of nitrogens with one attached hydrogen (secondary N) is 1. The van der Waals surface area contributed by atoms with Gasteiger partial charge in [0.05, 0.1) is 0 Å². The highest BCUT2D eigenvalue weighted by Crippen LogP contribution is 2.16. The molecule has 1 saturated heterocycles. The molecule has 1 aliphatic rings. The van der Waals surface area contributed by atoms with Gasteiger partial charge in [0.25, 0.3) is 0 Å². The van der Waals surface area contributed by atoms with Gasteiger partial charge in [0.2, 0.25) is 5.91 Å². The van der Waals surface area contributed by atoms with Gasteiger partial charge >= 0.3 is 0 Å². The second-order valence-electron chi connectivity index (χ2n) is 7.01. The molecule has 0 spiro atoms. The van der Waals surface area contributed by atoms with Crippen LogP contribution >= 0.6 is 15.9 Å². The molecule has 0 aromatic heterocycles. The molecule has 0 radical (unpaired) electrons. The Morgan fingerprint density at radius 1 is 1.00 bits per heavy atom. The first-order valence-electron chi connectivity index (χ1n) is 9.51. The smallest absolute Gasteiger partial charge is 0.220 e. The molecule has 138 valence electrons. The lowest BCUT2D eigenvalue weighted by atomic mass is 10.0. The molecule has 1 aliphatic heterocycles. The minimum Gasteiger partial charge on any atom is -0.352 e. The van der Waals surface area contributed by atoms with Gasteiger partial charge in [-0.3, -0.25) is 9.69 Å². The summed E-state index contributed by atoms with van der Waals surface area (Å²) >= 11 is 3.47. The second-order valence-corrected chi connectivity index (χ2v) is 7.93. The molecule has 1 heterocycles. The molecular weight excluding hydrogens is 388 g/mol. The van der Waals surface area contributed by atoms with E-state index in [9.17, 15) is 4.79 Å². The van der Waals surface area contributed by atoms with E-state index in [-0.39, 0.29) is 5.91 Å². The highest BCUT2D eigenvalue weighted by molar-refractivity contribution is 9.10. The first kappa shape index (κ1) is 19.1. The van der Waals surface area contributed by atoms with Crippen molar-refractivity contribution in [3.05, 3.63) is 69.7 Å². The van der Waals surface area contributed by atoms with Crippen molar-refractivity contribution < 1.29 is 4.79 Å². The van der Waals surface area contributed by atoms with Crippen LogP contribution < -0.4 is 5.32 Å². The van der Waals surface area contributed by atoms with Gasteiger partial charge in [-0.15, -0.1) is 0 Å². The molecule has 3 nitrogen and oxygen atoms in total. The largest absolute Gasteiger partial charge is 0.352 e. The van der Waals surface area contributed by atoms with Gasteiger partial charge in [-0.2, -0.15) is 0 Å². The monoisotopic (exact) mass is 414 g/mol. The van der Waals surface area contributed by atoms with E-state index in [2.05, 4.69) is 62.5 Å². The van der Waals surface area contributed by atoms with Crippen molar-refractivity contribution in [2.45, 2.75) is 45.2 Å². The van der Waals surface area contributed by atoms with Gasteiger partial charge in [0, 0.05) is 24.0 Å². The normalized spacial score (nSPS) is 15.0. The zero-order chi connectivity index (χ0) is 18.2. The minimum absolute atomic E-state index is 0.109. The van der Waals surface area contributed by atoms with E-state index >= 15 is 0 Å². The van der Waals surface area contributed by atoms with E-state index in [4.69, 9.17) is 0 Å². The quantitative estimate of drug-likeness (QED) is 0.712. The zero-order valence-corrected chi connectivity index (χ0v) is 16.8. The predicted octanol–water partition coefficient (Wildman–Crippen LogP) is 4.68. The van der Waals surface area contributed by atoms with Crippen LogP contribution in [-0.2, 0) is 24.3 Å². The fourth-order valence-corrected chi connectivity index (χ4v) is 3.92. The van der Waals surface area contributed by atoms with Crippen molar-refractivity contribution in [1.29, 1.82) is 0 Å². The van der Waals surface area contributed by atoms with Gasteiger partial charge in [0.15, 0.2) is 0 Å². The number of rotatable bonds is 7. The first-order valence-corrected chi connectivity index (χ1v) is 10.3. The predicted molar refractivity (Wildman–Crippen MR) is 110 cm³/mol. The summed E-state index contributed by atoms with van der Waals surface area (Å²) in [6, 6.07) is 16.6. The van der Waals surface area contributed by atoms with Gasteiger partial charge in [-0.05, 0) is 61.2 Å². The summed E-state index contributed by atoms with van der Waals surface area (Å²) in [5.41, 5.74) is 3.75. The Balaban J connectivity index is 1.50. The highest BCUT2D eigenvalue weighted by atomic mass is 79.9. The van der Waals surface area contributed by atoms with Gasteiger partial charge in [-0.25, -0.2) is 0 Å². The molecule has 0 aliphatic carbocycles. The molecule has 0 atom stereocenters. The Morgan fingerprint density at radius 2 is 1.77 bits per heavy atom. The maximum Gasteiger partial charge on any atom is 0.220 e. The van der Waals surface area contributed by atoms with Crippen LogP contribution in [-0.4, -0.2) is 23.9 Å². The number of halogens is 1. The van der Waals surface area contributed by atoms with E-state index in [1.165, 1.54) is 49.0 Å². The van der Waals surface area contributed by atoms with E-state index in [0.717, 1.165) is 17.4 Å². The number of likely N-dealkylation sites (tertiary alicyclic amines) is 1. The topological polar surface area (TPSA) is 32.3 Å². The average molecular weight is 415 g/mol. The molecule has 26 heavy (non-hydrogen) atoms. The molecular formula is C22H27BrN2O. The Kier molecular flexibility index (Phi) is 7.27. The summed E-state index contributed by atoms with van der Waals surface area (Å²) in [5, 5.41) is 3.09. The molecule has 4 heteroatoms. The fraction of sp³-hybridized carbons (Fsp3) is 0.409. The molecule has 2 aromatic carbocycles. The summed E-state index contributed by atoms with van der Waals surface area (Å²) in [4.78, 5) is 14.8. The highest BCUT2D eigenvalue weighted by Gasteiger charge is 2.12. The van der Waals surface area contributed by atoms with Crippen LogP contribution in [0.25, 0.3) is 0 Å². The Morgan fingerprint density at radius 3 is 2.54 bits per heavy atom. The number of hydrogen-bond acceptors (Lipinski definition) is 2. The maximum absolute atomic E-state index is 12.2.